The van der Waals surface area contributed by atoms with Crippen molar-refractivity contribution < 1.29 is 22.7 Å². The molecule has 0 heterocycles. The predicted octanol–water partition coefficient (Wildman–Crippen LogP) is 4.17. The molecule has 2 rings (SSSR count). The summed E-state index contributed by atoms with van der Waals surface area (Å²) in [5.74, 6) is -0.594. The fourth-order valence-electron chi connectivity index (χ4n) is 2.18. The van der Waals surface area contributed by atoms with Gasteiger partial charge in [0.1, 0.15) is 5.75 Å². The molecule has 0 radical (unpaired) electrons. The van der Waals surface area contributed by atoms with Crippen molar-refractivity contribution in [1.82, 2.24) is 4.90 Å². The topological polar surface area (TPSA) is 41.6 Å². The lowest BCUT2D eigenvalue weighted by molar-refractivity contribution is -0.274. The number of nitrogens with zero attached hydrogens (tertiary/aromatic N) is 1. The second-order valence-electron chi connectivity index (χ2n) is 5.63. The summed E-state index contributed by atoms with van der Waals surface area (Å²) in [6, 6.07) is 14.8. The molecule has 0 fully saturated rings. The number of benzene rings is 2. The molecule has 0 saturated heterocycles. The molecule has 138 valence electrons. The van der Waals surface area contributed by atoms with Crippen LogP contribution in [0.2, 0.25) is 0 Å². The van der Waals surface area contributed by atoms with E-state index in [0.29, 0.717) is 12.2 Å². The van der Waals surface area contributed by atoms with Crippen molar-refractivity contribution in [2.24, 2.45) is 0 Å². The van der Waals surface area contributed by atoms with Crippen LogP contribution >= 0.6 is 0 Å². The molecule has 1 amide bonds. The molecule has 26 heavy (non-hydrogen) atoms. The molecule has 7 heteroatoms. The highest BCUT2D eigenvalue weighted by Crippen LogP contribution is 2.23. The van der Waals surface area contributed by atoms with E-state index < -0.39 is 6.36 Å². The summed E-state index contributed by atoms with van der Waals surface area (Å²) >= 11 is 0. The van der Waals surface area contributed by atoms with Crippen molar-refractivity contribution in [3.8, 4) is 5.75 Å². The number of nitrogens with one attached hydrogen (secondary N) is 1. The molecular weight excluding hydrogens is 345 g/mol. The van der Waals surface area contributed by atoms with Crippen LogP contribution in [0, 0.1) is 0 Å². The number of carbonyl (C=O) groups is 1. The van der Waals surface area contributed by atoms with Crippen molar-refractivity contribution in [3.63, 3.8) is 0 Å². The molecule has 0 aliphatic rings. The summed E-state index contributed by atoms with van der Waals surface area (Å²) in [5.41, 5.74) is 1.48. The number of hydrogen-bond acceptors (Lipinski definition) is 3. The van der Waals surface area contributed by atoms with Gasteiger partial charge < -0.3 is 10.1 Å². The van der Waals surface area contributed by atoms with Gasteiger partial charge >= 0.3 is 6.36 Å². The van der Waals surface area contributed by atoms with E-state index in [-0.39, 0.29) is 18.2 Å². The summed E-state index contributed by atoms with van der Waals surface area (Å²) in [6.45, 7) is 0.737. The Labute approximate surface area is 149 Å². The van der Waals surface area contributed by atoms with Gasteiger partial charge in [-0.3, -0.25) is 9.69 Å². The zero-order chi connectivity index (χ0) is 19.0. The highest BCUT2D eigenvalue weighted by atomic mass is 19.4. The molecule has 0 bridgehead atoms. The minimum absolute atomic E-state index is 0.153. The van der Waals surface area contributed by atoms with Crippen molar-refractivity contribution in [2.75, 3.05) is 25.5 Å². The van der Waals surface area contributed by atoms with E-state index in [1.807, 2.05) is 47.4 Å². The number of amides is 1. The largest absolute Gasteiger partial charge is 0.573 e. The Balaban J connectivity index is 1.78. The zero-order valence-electron chi connectivity index (χ0n) is 14.2. The van der Waals surface area contributed by atoms with Crippen molar-refractivity contribution >= 4 is 17.7 Å². The number of carbonyl (C=O) groups excluding carboxylic acids is 1. The molecule has 2 aromatic carbocycles. The van der Waals surface area contributed by atoms with Gasteiger partial charge in [-0.25, -0.2) is 0 Å². The normalized spacial score (nSPS) is 11.7. The lowest BCUT2D eigenvalue weighted by Gasteiger charge is -2.14. The first-order valence-electron chi connectivity index (χ1n) is 7.87. The average Bonchev–Trinajstić information content (AvgIpc) is 2.56. The smallest absolute Gasteiger partial charge is 0.406 e. The number of likely N-dealkylation sites (N-methyl/N-ethyl adjacent to an activating group) is 1. The first-order chi connectivity index (χ1) is 12.3. The Kier molecular flexibility index (Phi) is 6.80. The predicted molar refractivity (Wildman–Crippen MR) is 94.7 cm³/mol. The molecule has 4 nitrogen and oxygen atoms in total. The van der Waals surface area contributed by atoms with Gasteiger partial charge in [0.15, 0.2) is 0 Å². The third-order valence-corrected chi connectivity index (χ3v) is 3.31. The monoisotopic (exact) mass is 364 g/mol. The van der Waals surface area contributed by atoms with Gasteiger partial charge in [-0.15, -0.1) is 13.2 Å². The minimum atomic E-state index is -4.74. The first-order valence-corrected chi connectivity index (χ1v) is 7.87. The lowest BCUT2D eigenvalue weighted by atomic mass is 10.2. The fraction of sp³-hybridized carbons (Fsp3) is 0.211. The van der Waals surface area contributed by atoms with Crippen molar-refractivity contribution in [1.29, 1.82) is 0 Å². The molecule has 0 unspecified atom stereocenters. The van der Waals surface area contributed by atoms with Crippen LogP contribution in [0.4, 0.5) is 18.9 Å². The SMILES string of the molecule is CN(C/C=C/c1ccccc1)CC(=O)Nc1ccc(OC(F)(F)F)cc1. The lowest BCUT2D eigenvalue weighted by Crippen LogP contribution is -2.30. The van der Waals surface area contributed by atoms with E-state index >= 15 is 0 Å². The summed E-state index contributed by atoms with van der Waals surface area (Å²) in [7, 11) is 1.80. The quantitative estimate of drug-likeness (QED) is 0.802. The Morgan fingerprint density at radius 1 is 1.12 bits per heavy atom. The molecule has 1 N–H and O–H groups in total. The van der Waals surface area contributed by atoms with Gasteiger partial charge in [0, 0.05) is 12.2 Å². The van der Waals surface area contributed by atoms with Crippen molar-refractivity contribution in [3.05, 3.63) is 66.2 Å². The Hall–Kier alpha value is -2.80. The van der Waals surface area contributed by atoms with Crippen LogP contribution in [0.25, 0.3) is 6.08 Å². The van der Waals surface area contributed by atoms with Gasteiger partial charge in [0.2, 0.25) is 5.91 Å². The maximum absolute atomic E-state index is 12.1. The van der Waals surface area contributed by atoms with Crippen LogP contribution in [0.5, 0.6) is 5.75 Å². The van der Waals surface area contributed by atoms with Crippen LogP contribution in [0.15, 0.2) is 60.7 Å². The summed E-state index contributed by atoms with van der Waals surface area (Å²) in [4.78, 5) is 13.8. The van der Waals surface area contributed by atoms with Gasteiger partial charge in [-0.1, -0.05) is 42.5 Å². The maximum atomic E-state index is 12.1. The second-order valence-corrected chi connectivity index (χ2v) is 5.63. The number of hydrogen-bond donors (Lipinski definition) is 1. The maximum Gasteiger partial charge on any atom is 0.573 e. The highest BCUT2D eigenvalue weighted by Gasteiger charge is 2.30. The number of alkyl halides is 3. The summed E-state index contributed by atoms with van der Waals surface area (Å²) < 4.78 is 40.1. The Morgan fingerprint density at radius 2 is 1.77 bits per heavy atom. The van der Waals surface area contributed by atoms with E-state index in [4.69, 9.17) is 0 Å². The van der Waals surface area contributed by atoms with Gasteiger partial charge in [0.05, 0.1) is 6.54 Å². The fourth-order valence-corrected chi connectivity index (χ4v) is 2.18. The van der Waals surface area contributed by atoms with Crippen LogP contribution in [-0.4, -0.2) is 37.3 Å². The van der Waals surface area contributed by atoms with Crippen molar-refractivity contribution in [2.45, 2.75) is 6.36 Å². The van der Waals surface area contributed by atoms with E-state index in [1.54, 1.807) is 7.05 Å². The Bertz CT molecular complexity index is 729. The highest BCUT2D eigenvalue weighted by molar-refractivity contribution is 5.92. The van der Waals surface area contributed by atoms with Gasteiger partial charge in [0.25, 0.3) is 0 Å². The zero-order valence-corrected chi connectivity index (χ0v) is 14.2. The van der Waals surface area contributed by atoms with Crippen LogP contribution < -0.4 is 10.1 Å². The molecule has 0 saturated carbocycles. The van der Waals surface area contributed by atoms with Gasteiger partial charge in [-0.2, -0.15) is 0 Å². The molecular formula is C19H19F3N2O2. The third-order valence-electron chi connectivity index (χ3n) is 3.31. The molecule has 0 aliphatic heterocycles. The van der Waals surface area contributed by atoms with Crippen LogP contribution in [0.3, 0.4) is 0 Å². The van der Waals surface area contributed by atoms with Crippen LogP contribution in [-0.2, 0) is 4.79 Å². The molecule has 0 spiro atoms. The standard InChI is InChI=1S/C19H19F3N2O2/c1-24(13-5-8-15-6-3-2-4-7-15)14-18(25)23-16-9-11-17(12-10-16)26-19(20,21)22/h2-12H,13-14H2,1H3,(H,23,25)/b8-5+. The van der Waals surface area contributed by atoms with E-state index in [1.165, 1.54) is 12.1 Å². The average molecular weight is 364 g/mol. The number of halogens is 3. The minimum Gasteiger partial charge on any atom is -0.406 e. The number of anilines is 1. The molecule has 2 aromatic rings. The number of ether oxygens (including phenoxy) is 1. The third kappa shape index (κ3) is 7.40. The first kappa shape index (κ1) is 19.5. The summed E-state index contributed by atoms with van der Waals surface area (Å²) in [5, 5.41) is 2.63. The molecule has 0 aliphatic carbocycles. The van der Waals surface area contributed by atoms with Crippen LogP contribution in [0.1, 0.15) is 5.56 Å². The van der Waals surface area contributed by atoms with Gasteiger partial charge in [-0.05, 0) is 36.9 Å². The number of rotatable bonds is 7. The second kappa shape index (κ2) is 9.05. The van der Waals surface area contributed by atoms with E-state index in [9.17, 15) is 18.0 Å². The summed E-state index contributed by atoms with van der Waals surface area (Å²) in [6.07, 6.45) is -0.819. The molecule has 0 atom stereocenters. The van der Waals surface area contributed by atoms with E-state index in [0.717, 1.165) is 17.7 Å². The Morgan fingerprint density at radius 3 is 2.38 bits per heavy atom. The van der Waals surface area contributed by atoms with E-state index in [2.05, 4.69) is 10.1 Å². The molecule has 0 aromatic heterocycles.